The van der Waals surface area contributed by atoms with Crippen molar-refractivity contribution in [3.63, 3.8) is 0 Å². The van der Waals surface area contributed by atoms with Gasteiger partial charge in [0.1, 0.15) is 0 Å². The lowest BCUT2D eigenvalue weighted by Crippen LogP contribution is -2.15. The van der Waals surface area contributed by atoms with Crippen LogP contribution in [0.3, 0.4) is 0 Å². The van der Waals surface area contributed by atoms with Gasteiger partial charge >= 0.3 is 23.9 Å². The SMILES string of the molecule is Cc1c(S(=O)(=O)c2ccc(C(=O)O)c(C(=O)O)c2)ccc(C(=O)O)c1C(=O)O. The number of aromatic carboxylic acids is 4. The van der Waals surface area contributed by atoms with Crippen molar-refractivity contribution in [1.82, 2.24) is 0 Å². The van der Waals surface area contributed by atoms with Gasteiger partial charge in [-0.25, -0.2) is 27.6 Å². The molecule has 0 spiro atoms. The van der Waals surface area contributed by atoms with Crippen LogP contribution in [0.1, 0.15) is 47.0 Å². The van der Waals surface area contributed by atoms with Crippen molar-refractivity contribution in [3.8, 4) is 0 Å². The van der Waals surface area contributed by atoms with Crippen LogP contribution in [-0.4, -0.2) is 52.7 Å². The van der Waals surface area contributed by atoms with Crippen LogP contribution in [0.25, 0.3) is 0 Å². The molecular weight excluding hydrogens is 396 g/mol. The molecule has 28 heavy (non-hydrogen) atoms. The molecule has 0 fully saturated rings. The minimum absolute atomic E-state index is 0.355. The Balaban J connectivity index is 2.79. The fraction of sp³-hybridized carbons (Fsp3) is 0.0588. The Morgan fingerprint density at radius 3 is 1.68 bits per heavy atom. The number of benzene rings is 2. The molecule has 0 amide bonds. The molecule has 0 aliphatic carbocycles. The molecule has 0 unspecified atom stereocenters. The van der Waals surface area contributed by atoms with E-state index in [0.717, 1.165) is 31.2 Å². The van der Waals surface area contributed by atoms with E-state index in [0.29, 0.717) is 6.07 Å². The number of sulfone groups is 1. The summed E-state index contributed by atoms with van der Waals surface area (Å²) < 4.78 is 25.8. The van der Waals surface area contributed by atoms with Crippen molar-refractivity contribution in [3.05, 3.63) is 58.1 Å². The molecule has 2 aromatic carbocycles. The molecule has 146 valence electrons. The Bertz CT molecular complexity index is 1140. The highest BCUT2D eigenvalue weighted by molar-refractivity contribution is 7.91. The third-order valence-electron chi connectivity index (χ3n) is 3.91. The van der Waals surface area contributed by atoms with E-state index in [2.05, 4.69) is 0 Å². The minimum Gasteiger partial charge on any atom is -0.478 e. The topological polar surface area (TPSA) is 183 Å². The van der Waals surface area contributed by atoms with Gasteiger partial charge in [-0.2, -0.15) is 0 Å². The van der Waals surface area contributed by atoms with Crippen molar-refractivity contribution in [2.45, 2.75) is 16.7 Å². The summed E-state index contributed by atoms with van der Waals surface area (Å²) in [6.07, 6.45) is 0. The highest BCUT2D eigenvalue weighted by Gasteiger charge is 2.29. The zero-order chi connectivity index (χ0) is 21.4. The number of rotatable bonds is 6. The lowest BCUT2D eigenvalue weighted by atomic mass is 10.0. The molecule has 0 aromatic heterocycles. The van der Waals surface area contributed by atoms with E-state index in [-0.39, 0.29) is 5.56 Å². The van der Waals surface area contributed by atoms with Crippen LogP contribution >= 0.6 is 0 Å². The molecular formula is C17H12O10S. The monoisotopic (exact) mass is 408 g/mol. The summed E-state index contributed by atoms with van der Waals surface area (Å²) in [5.41, 5.74) is -3.10. The zero-order valence-corrected chi connectivity index (χ0v) is 14.8. The first-order valence-corrected chi connectivity index (χ1v) is 8.83. The molecule has 0 saturated heterocycles. The largest absolute Gasteiger partial charge is 0.478 e. The Morgan fingerprint density at radius 1 is 0.714 bits per heavy atom. The molecule has 11 heteroatoms. The Kier molecular flexibility index (Phi) is 5.23. The van der Waals surface area contributed by atoms with Gasteiger partial charge in [-0.15, -0.1) is 0 Å². The van der Waals surface area contributed by atoms with Gasteiger partial charge in [-0.3, -0.25) is 0 Å². The molecule has 0 atom stereocenters. The van der Waals surface area contributed by atoms with Gasteiger partial charge < -0.3 is 20.4 Å². The molecule has 0 heterocycles. The maximum absolute atomic E-state index is 12.9. The summed E-state index contributed by atoms with van der Waals surface area (Å²) in [5, 5.41) is 36.5. The summed E-state index contributed by atoms with van der Waals surface area (Å²) in [4.78, 5) is 43.9. The van der Waals surface area contributed by atoms with E-state index < -0.39 is 65.8 Å². The zero-order valence-electron chi connectivity index (χ0n) is 14.0. The molecule has 0 radical (unpaired) electrons. The summed E-state index contributed by atoms with van der Waals surface area (Å²) in [7, 11) is -4.48. The second-order valence-electron chi connectivity index (χ2n) is 5.54. The van der Waals surface area contributed by atoms with Gasteiger partial charge in [0.2, 0.25) is 9.84 Å². The molecule has 2 rings (SSSR count). The number of carbonyl (C=O) groups is 4. The van der Waals surface area contributed by atoms with Gasteiger partial charge in [0.05, 0.1) is 32.0 Å². The highest BCUT2D eigenvalue weighted by Crippen LogP contribution is 2.29. The van der Waals surface area contributed by atoms with E-state index in [1.54, 1.807) is 0 Å². The van der Waals surface area contributed by atoms with Crippen LogP contribution in [0.4, 0.5) is 0 Å². The summed E-state index contributed by atoms with van der Waals surface area (Å²) >= 11 is 0. The fourth-order valence-electron chi connectivity index (χ4n) is 2.62. The standard InChI is InChI=1S/C17H12O10S/c1-7-12(5-4-10(15(20)21)13(7)17(24)25)28(26,27)8-2-3-9(14(18)19)11(6-8)16(22)23/h2-6H,1H3,(H,18,19)(H,20,21)(H,22,23)(H,24,25). The predicted octanol–water partition coefficient (Wildman–Crippen LogP) is 1.62. The lowest BCUT2D eigenvalue weighted by molar-refractivity contribution is 0.0650. The van der Waals surface area contributed by atoms with Crippen LogP contribution in [-0.2, 0) is 9.84 Å². The third kappa shape index (κ3) is 3.42. The first-order chi connectivity index (χ1) is 12.9. The number of hydrogen-bond acceptors (Lipinski definition) is 6. The third-order valence-corrected chi connectivity index (χ3v) is 5.81. The molecule has 10 nitrogen and oxygen atoms in total. The van der Waals surface area contributed by atoms with E-state index in [1.807, 2.05) is 0 Å². The van der Waals surface area contributed by atoms with E-state index in [9.17, 15) is 32.7 Å². The van der Waals surface area contributed by atoms with Crippen molar-refractivity contribution in [1.29, 1.82) is 0 Å². The average molecular weight is 408 g/mol. The predicted molar refractivity (Wildman–Crippen MR) is 90.9 cm³/mol. The van der Waals surface area contributed by atoms with Crippen molar-refractivity contribution >= 4 is 33.7 Å². The van der Waals surface area contributed by atoms with Gasteiger partial charge in [0, 0.05) is 0 Å². The molecule has 0 saturated carbocycles. The lowest BCUT2D eigenvalue weighted by Gasteiger charge is -2.13. The maximum atomic E-state index is 12.9. The van der Waals surface area contributed by atoms with Gasteiger partial charge in [-0.05, 0) is 42.8 Å². The summed E-state index contributed by atoms with van der Waals surface area (Å²) in [5.74, 6) is -6.46. The molecule has 2 aromatic rings. The number of carboxylic acids is 4. The van der Waals surface area contributed by atoms with Crippen LogP contribution in [0.5, 0.6) is 0 Å². The van der Waals surface area contributed by atoms with E-state index in [4.69, 9.17) is 15.3 Å². The Morgan fingerprint density at radius 2 is 1.21 bits per heavy atom. The van der Waals surface area contributed by atoms with Crippen molar-refractivity contribution in [2.75, 3.05) is 0 Å². The fourth-order valence-corrected chi connectivity index (χ4v) is 4.14. The second kappa shape index (κ2) is 7.12. The van der Waals surface area contributed by atoms with Crippen LogP contribution in [0.15, 0.2) is 40.1 Å². The minimum atomic E-state index is -4.48. The Labute approximate surface area is 157 Å². The number of carboxylic acid groups (broad SMARTS) is 4. The van der Waals surface area contributed by atoms with E-state index >= 15 is 0 Å². The maximum Gasteiger partial charge on any atom is 0.336 e. The molecule has 0 aliphatic rings. The smallest absolute Gasteiger partial charge is 0.336 e. The average Bonchev–Trinajstić information content (AvgIpc) is 2.59. The second-order valence-corrected chi connectivity index (χ2v) is 7.46. The first-order valence-electron chi connectivity index (χ1n) is 7.35. The van der Waals surface area contributed by atoms with Crippen LogP contribution < -0.4 is 0 Å². The normalized spacial score (nSPS) is 11.0. The first kappa shape index (κ1) is 20.6. The molecule has 4 N–H and O–H groups in total. The quantitative estimate of drug-likeness (QED) is 0.547. The van der Waals surface area contributed by atoms with Gasteiger partial charge in [0.25, 0.3) is 0 Å². The van der Waals surface area contributed by atoms with Gasteiger partial charge in [-0.1, -0.05) is 0 Å². The summed E-state index contributed by atoms with van der Waals surface area (Å²) in [6.45, 7) is 1.10. The van der Waals surface area contributed by atoms with Crippen molar-refractivity contribution in [2.24, 2.45) is 0 Å². The van der Waals surface area contributed by atoms with Crippen LogP contribution in [0, 0.1) is 6.92 Å². The molecule has 0 aliphatic heterocycles. The highest BCUT2D eigenvalue weighted by atomic mass is 32.2. The van der Waals surface area contributed by atoms with Crippen molar-refractivity contribution < 1.29 is 48.0 Å². The summed E-state index contributed by atoms with van der Waals surface area (Å²) in [6, 6.07) is 4.03. The van der Waals surface area contributed by atoms with Crippen LogP contribution in [0.2, 0.25) is 0 Å². The van der Waals surface area contributed by atoms with E-state index in [1.165, 1.54) is 0 Å². The Hall–Kier alpha value is -3.73. The number of hydrogen-bond donors (Lipinski definition) is 4. The molecule has 0 bridgehead atoms. The van der Waals surface area contributed by atoms with Gasteiger partial charge in [0.15, 0.2) is 0 Å².